The molecule has 8 nitrogen and oxygen atoms in total. The van der Waals surface area contributed by atoms with E-state index in [1.807, 2.05) is 31.2 Å². The zero-order valence-corrected chi connectivity index (χ0v) is 17.5. The fourth-order valence-electron chi connectivity index (χ4n) is 4.55. The maximum Gasteiger partial charge on any atom is 0.341 e. The van der Waals surface area contributed by atoms with Gasteiger partial charge in [0.25, 0.3) is 5.91 Å². The van der Waals surface area contributed by atoms with Crippen molar-refractivity contribution >= 4 is 17.8 Å². The van der Waals surface area contributed by atoms with E-state index in [1.165, 1.54) is 6.20 Å². The van der Waals surface area contributed by atoms with Gasteiger partial charge in [-0.1, -0.05) is 24.3 Å². The number of amides is 1. The Hall–Kier alpha value is -3.65. The van der Waals surface area contributed by atoms with E-state index < -0.39 is 23.1 Å². The average molecular weight is 430 g/mol. The van der Waals surface area contributed by atoms with Crippen molar-refractivity contribution in [3.8, 4) is 11.1 Å². The van der Waals surface area contributed by atoms with Crippen LogP contribution >= 0.6 is 0 Å². The minimum Gasteiger partial charge on any atom is -0.450 e. The summed E-state index contributed by atoms with van der Waals surface area (Å²) in [7, 11) is 0. The molecule has 0 unspecified atom stereocenters. The van der Waals surface area contributed by atoms with E-state index in [1.54, 1.807) is 24.7 Å². The third-order valence-electron chi connectivity index (χ3n) is 6.46. The third kappa shape index (κ3) is 3.33. The van der Waals surface area contributed by atoms with Crippen LogP contribution in [0.3, 0.4) is 0 Å². The van der Waals surface area contributed by atoms with E-state index in [0.717, 1.165) is 22.3 Å². The molecule has 32 heavy (non-hydrogen) atoms. The number of aromatic nitrogens is 3. The van der Waals surface area contributed by atoms with Gasteiger partial charge in [-0.2, -0.15) is 0 Å². The van der Waals surface area contributed by atoms with Crippen molar-refractivity contribution in [2.45, 2.75) is 43.8 Å². The highest BCUT2D eigenvalue weighted by molar-refractivity contribution is 5.96. The maximum atomic E-state index is 12.9. The summed E-state index contributed by atoms with van der Waals surface area (Å²) in [6.07, 6.45) is 7.39. The Morgan fingerprint density at radius 3 is 2.47 bits per heavy atom. The minimum absolute atomic E-state index is 0.129. The van der Waals surface area contributed by atoms with Gasteiger partial charge < -0.3 is 9.84 Å². The summed E-state index contributed by atoms with van der Waals surface area (Å²) in [5.74, 6) is -0.842. The molecule has 0 radical (unpaired) electrons. The van der Waals surface area contributed by atoms with Gasteiger partial charge in [0, 0.05) is 35.9 Å². The first-order chi connectivity index (χ1) is 15.4. The van der Waals surface area contributed by atoms with E-state index in [9.17, 15) is 14.7 Å². The number of aryl methyl sites for hydroxylation is 1. The molecule has 0 atom stereocenters. The Labute approximate surface area is 184 Å². The highest BCUT2D eigenvalue weighted by atomic mass is 16.6. The highest BCUT2D eigenvalue weighted by Crippen LogP contribution is 2.49. The van der Waals surface area contributed by atoms with Crippen LogP contribution in [-0.4, -0.2) is 37.5 Å². The number of carbonyl (C=O) groups is 2. The van der Waals surface area contributed by atoms with Crippen LogP contribution in [0.1, 0.15) is 47.2 Å². The van der Waals surface area contributed by atoms with E-state index in [2.05, 4.69) is 20.3 Å². The number of aliphatic hydroxyl groups is 1. The van der Waals surface area contributed by atoms with Gasteiger partial charge in [-0.25, -0.2) is 14.8 Å². The first-order valence-electron chi connectivity index (χ1n) is 10.5. The van der Waals surface area contributed by atoms with Crippen molar-refractivity contribution in [1.82, 2.24) is 15.0 Å². The number of rotatable bonds is 3. The number of hydrogen-bond acceptors (Lipinski definition) is 7. The van der Waals surface area contributed by atoms with Gasteiger partial charge in [-0.3, -0.25) is 15.1 Å². The van der Waals surface area contributed by atoms with Crippen molar-refractivity contribution in [3.63, 3.8) is 0 Å². The Kier molecular flexibility index (Phi) is 4.74. The lowest BCUT2D eigenvalue weighted by atomic mass is 9.72. The number of fused-ring (bicyclic) bond motifs is 2. The number of benzene rings is 1. The van der Waals surface area contributed by atoms with E-state index in [-0.39, 0.29) is 18.8 Å². The summed E-state index contributed by atoms with van der Waals surface area (Å²) in [6.45, 7) is 2.01. The molecule has 2 aliphatic rings. The molecule has 8 heteroatoms. The second kappa shape index (κ2) is 7.49. The largest absolute Gasteiger partial charge is 0.450 e. The number of ether oxygens (including phenoxy) is 1. The normalized spacial score (nSPS) is 24.1. The molecule has 1 aliphatic heterocycles. The summed E-state index contributed by atoms with van der Waals surface area (Å²) in [6, 6.07) is 9.67. The molecule has 1 amide bonds. The fraction of sp³-hybridized carbons (Fsp3) is 0.292. The number of nitrogens with one attached hydrogen (secondary N) is 1. The molecule has 2 N–H and O–H groups in total. The fourth-order valence-corrected chi connectivity index (χ4v) is 4.55. The van der Waals surface area contributed by atoms with Crippen LogP contribution in [0, 0.1) is 6.92 Å². The zero-order chi connectivity index (χ0) is 22.3. The molecule has 2 aromatic heterocycles. The number of esters is 1. The van der Waals surface area contributed by atoms with Crippen LogP contribution in [0.2, 0.25) is 0 Å². The second-order valence-corrected chi connectivity index (χ2v) is 8.40. The molecule has 5 rings (SSSR count). The summed E-state index contributed by atoms with van der Waals surface area (Å²) in [5.41, 5.74) is 1.78. The van der Waals surface area contributed by atoms with Gasteiger partial charge in [-0.15, -0.1) is 0 Å². The molecule has 1 spiro atoms. The molecule has 162 valence electrons. The Balaban J connectivity index is 1.28. The molecule has 1 aliphatic carbocycles. The van der Waals surface area contributed by atoms with Crippen molar-refractivity contribution < 1.29 is 19.4 Å². The van der Waals surface area contributed by atoms with E-state index >= 15 is 0 Å². The third-order valence-corrected chi connectivity index (χ3v) is 6.46. The first kappa shape index (κ1) is 20.3. The number of nitrogens with zero attached hydrogens (tertiary/aromatic N) is 3. The van der Waals surface area contributed by atoms with Gasteiger partial charge in [0.15, 0.2) is 0 Å². The van der Waals surface area contributed by atoms with Crippen LogP contribution in [0.5, 0.6) is 0 Å². The monoisotopic (exact) mass is 430 g/mol. The summed E-state index contributed by atoms with van der Waals surface area (Å²) in [5, 5.41) is 13.6. The lowest BCUT2D eigenvalue weighted by molar-refractivity contribution is -0.144. The second-order valence-electron chi connectivity index (χ2n) is 8.40. The predicted octanol–water partition coefficient (Wildman–Crippen LogP) is 3.16. The first-order valence-corrected chi connectivity index (χ1v) is 10.5. The van der Waals surface area contributed by atoms with Gasteiger partial charge in [0.05, 0.1) is 5.56 Å². The molecule has 3 heterocycles. The zero-order valence-electron chi connectivity index (χ0n) is 17.5. The van der Waals surface area contributed by atoms with Gasteiger partial charge in [0.2, 0.25) is 5.95 Å². The van der Waals surface area contributed by atoms with Crippen molar-refractivity contribution in [2.75, 3.05) is 5.32 Å². The molecule has 1 fully saturated rings. The van der Waals surface area contributed by atoms with Crippen LogP contribution < -0.4 is 5.32 Å². The standard InChI is InChI=1S/C24H22N4O4/c1-15-4-2-3-5-17(15)16-12-26-22(27-13-16)28-21(30)23(31)7-9-24(10-8-23)19-6-11-25-14-18(19)20(29)32-24/h2-6,11-14,31H,7-10H2,1H3,(H,26,27,28,30). The van der Waals surface area contributed by atoms with Crippen molar-refractivity contribution in [2.24, 2.45) is 0 Å². The minimum atomic E-state index is -1.59. The van der Waals surface area contributed by atoms with Crippen LogP contribution in [0.25, 0.3) is 11.1 Å². The smallest absolute Gasteiger partial charge is 0.341 e. The molecular weight excluding hydrogens is 408 g/mol. The molecular formula is C24H22N4O4. The Morgan fingerprint density at radius 2 is 1.75 bits per heavy atom. The summed E-state index contributed by atoms with van der Waals surface area (Å²) < 4.78 is 5.67. The number of hydrogen-bond donors (Lipinski definition) is 2. The predicted molar refractivity (Wildman–Crippen MR) is 116 cm³/mol. The van der Waals surface area contributed by atoms with Crippen molar-refractivity contribution in [3.05, 3.63) is 71.8 Å². The molecule has 0 saturated heterocycles. The SMILES string of the molecule is Cc1ccccc1-c1cnc(NC(=O)C2(O)CCC3(CC2)OC(=O)c2cnccc23)nc1. The lowest BCUT2D eigenvalue weighted by Gasteiger charge is -2.40. The molecule has 3 aromatic rings. The molecule has 1 saturated carbocycles. The maximum absolute atomic E-state index is 12.9. The van der Waals surface area contributed by atoms with E-state index in [0.29, 0.717) is 18.4 Å². The number of carbonyl (C=O) groups excluding carboxylic acids is 2. The van der Waals surface area contributed by atoms with Gasteiger partial charge >= 0.3 is 5.97 Å². The number of pyridine rings is 1. The Bertz CT molecular complexity index is 1200. The van der Waals surface area contributed by atoms with Crippen LogP contribution in [0.15, 0.2) is 55.1 Å². The summed E-state index contributed by atoms with van der Waals surface area (Å²) in [4.78, 5) is 37.5. The topological polar surface area (TPSA) is 114 Å². The van der Waals surface area contributed by atoms with Gasteiger partial charge in [-0.05, 0) is 49.8 Å². The van der Waals surface area contributed by atoms with E-state index in [4.69, 9.17) is 4.74 Å². The Morgan fingerprint density at radius 1 is 1.03 bits per heavy atom. The molecule has 1 aromatic carbocycles. The average Bonchev–Trinajstić information content (AvgIpc) is 3.09. The highest BCUT2D eigenvalue weighted by Gasteiger charge is 2.53. The number of anilines is 1. The van der Waals surface area contributed by atoms with Gasteiger partial charge in [0.1, 0.15) is 11.2 Å². The lowest BCUT2D eigenvalue weighted by Crippen LogP contribution is -2.49. The van der Waals surface area contributed by atoms with Crippen molar-refractivity contribution in [1.29, 1.82) is 0 Å². The quantitative estimate of drug-likeness (QED) is 0.614. The molecule has 0 bridgehead atoms. The van der Waals surface area contributed by atoms with Crippen LogP contribution in [-0.2, 0) is 15.1 Å². The van der Waals surface area contributed by atoms with Crippen LogP contribution in [0.4, 0.5) is 5.95 Å². The summed E-state index contributed by atoms with van der Waals surface area (Å²) >= 11 is 0.